The summed E-state index contributed by atoms with van der Waals surface area (Å²) in [5.74, 6) is 0.437. The number of allylic oxidation sites excluding steroid dienone is 1. The van der Waals surface area contributed by atoms with Gasteiger partial charge in [-0.3, -0.25) is 4.79 Å². The Morgan fingerprint density at radius 3 is 2.29 bits per heavy atom. The first-order valence-electron chi connectivity index (χ1n) is 9.27. The van der Waals surface area contributed by atoms with Crippen LogP contribution in [0.3, 0.4) is 0 Å². The SMILES string of the molecule is COc1cccc(OC)c1C(=O)Oc1ccc2c(c1)OC(=Cc1ccc(Cl)cc1)C2=O. The number of ether oxygens (including phenoxy) is 4. The van der Waals surface area contributed by atoms with Gasteiger partial charge < -0.3 is 18.9 Å². The quantitative estimate of drug-likeness (QED) is 0.311. The molecular weight excluding hydrogens is 420 g/mol. The van der Waals surface area contributed by atoms with Crippen molar-refractivity contribution in [3.63, 3.8) is 0 Å². The molecule has 4 rings (SSSR count). The molecule has 0 spiro atoms. The van der Waals surface area contributed by atoms with Crippen LogP contribution in [0.4, 0.5) is 0 Å². The summed E-state index contributed by atoms with van der Waals surface area (Å²) < 4.78 is 21.7. The van der Waals surface area contributed by atoms with Gasteiger partial charge in [0, 0.05) is 11.1 Å². The van der Waals surface area contributed by atoms with E-state index in [2.05, 4.69) is 0 Å². The number of halogens is 1. The molecule has 0 radical (unpaired) electrons. The van der Waals surface area contributed by atoms with E-state index in [9.17, 15) is 9.59 Å². The molecule has 1 aliphatic heterocycles. The topological polar surface area (TPSA) is 71.1 Å². The van der Waals surface area contributed by atoms with E-state index in [4.69, 9.17) is 30.5 Å². The fourth-order valence-electron chi connectivity index (χ4n) is 3.15. The zero-order valence-corrected chi connectivity index (χ0v) is 17.4. The minimum atomic E-state index is -0.657. The Kier molecular flexibility index (Phi) is 5.64. The van der Waals surface area contributed by atoms with Crippen molar-refractivity contribution in [3.8, 4) is 23.0 Å². The number of benzene rings is 3. The number of carbonyl (C=O) groups is 2. The summed E-state index contributed by atoms with van der Waals surface area (Å²) in [6.07, 6.45) is 1.63. The summed E-state index contributed by atoms with van der Waals surface area (Å²) in [4.78, 5) is 25.4. The molecule has 3 aromatic rings. The number of Topliss-reactive ketones (excluding diaryl/α,β-unsaturated/α-hetero) is 1. The smallest absolute Gasteiger partial charge is 0.351 e. The first kappa shape index (κ1) is 20.5. The molecule has 0 bridgehead atoms. The number of hydrogen-bond donors (Lipinski definition) is 0. The second kappa shape index (κ2) is 8.53. The molecule has 0 amide bonds. The van der Waals surface area contributed by atoms with E-state index in [1.165, 1.54) is 26.4 Å². The van der Waals surface area contributed by atoms with E-state index in [1.807, 2.05) is 0 Å². The van der Waals surface area contributed by atoms with Crippen molar-refractivity contribution < 1.29 is 28.5 Å². The molecule has 0 aromatic heterocycles. The number of fused-ring (bicyclic) bond motifs is 1. The van der Waals surface area contributed by atoms with Crippen LogP contribution in [-0.4, -0.2) is 26.0 Å². The van der Waals surface area contributed by atoms with Crippen LogP contribution in [0.1, 0.15) is 26.3 Å². The van der Waals surface area contributed by atoms with Gasteiger partial charge in [0.1, 0.15) is 28.6 Å². The number of rotatable bonds is 5. The summed E-state index contributed by atoms with van der Waals surface area (Å²) in [6, 6.07) is 16.6. The minimum Gasteiger partial charge on any atom is -0.496 e. The average molecular weight is 437 g/mol. The zero-order valence-electron chi connectivity index (χ0n) is 16.7. The fraction of sp³-hybridized carbons (Fsp3) is 0.0833. The molecule has 0 aliphatic carbocycles. The van der Waals surface area contributed by atoms with Crippen LogP contribution in [0.5, 0.6) is 23.0 Å². The van der Waals surface area contributed by atoms with Gasteiger partial charge in [0.2, 0.25) is 5.78 Å². The van der Waals surface area contributed by atoms with E-state index in [0.717, 1.165) is 5.56 Å². The molecule has 0 fully saturated rings. The number of ketones is 1. The molecule has 156 valence electrons. The summed E-state index contributed by atoms with van der Waals surface area (Å²) >= 11 is 5.90. The average Bonchev–Trinajstić information content (AvgIpc) is 3.09. The summed E-state index contributed by atoms with van der Waals surface area (Å²) in [5.41, 5.74) is 1.32. The normalized spacial score (nSPS) is 13.5. The molecule has 7 heteroatoms. The van der Waals surface area contributed by atoms with Crippen LogP contribution in [0, 0.1) is 0 Å². The number of carbonyl (C=O) groups excluding carboxylic acids is 2. The maximum atomic E-state index is 12.8. The molecule has 31 heavy (non-hydrogen) atoms. The number of hydrogen-bond acceptors (Lipinski definition) is 6. The van der Waals surface area contributed by atoms with Gasteiger partial charge in [0.15, 0.2) is 5.76 Å². The molecule has 0 saturated carbocycles. The lowest BCUT2D eigenvalue weighted by molar-refractivity contribution is 0.0727. The van der Waals surface area contributed by atoms with Crippen molar-refractivity contribution in [3.05, 3.63) is 88.1 Å². The Morgan fingerprint density at radius 2 is 1.65 bits per heavy atom. The second-order valence-electron chi connectivity index (χ2n) is 6.58. The third-order valence-electron chi connectivity index (χ3n) is 4.65. The summed E-state index contributed by atoms with van der Waals surface area (Å²) in [6.45, 7) is 0. The van der Waals surface area contributed by atoms with Gasteiger partial charge in [-0.05, 0) is 48.0 Å². The highest BCUT2D eigenvalue weighted by atomic mass is 35.5. The van der Waals surface area contributed by atoms with Gasteiger partial charge in [-0.1, -0.05) is 29.8 Å². The Labute approximate surface area is 183 Å². The van der Waals surface area contributed by atoms with E-state index in [1.54, 1.807) is 54.6 Å². The summed E-state index contributed by atoms with van der Waals surface area (Å²) in [7, 11) is 2.91. The van der Waals surface area contributed by atoms with Crippen molar-refractivity contribution in [1.82, 2.24) is 0 Å². The van der Waals surface area contributed by atoms with Gasteiger partial charge in [-0.15, -0.1) is 0 Å². The van der Waals surface area contributed by atoms with Crippen LogP contribution < -0.4 is 18.9 Å². The van der Waals surface area contributed by atoms with Crippen LogP contribution >= 0.6 is 11.6 Å². The third-order valence-corrected chi connectivity index (χ3v) is 4.90. The summed E-state index contributed by atoms with van der Waals surface area (Å²) in [5, 5.41) is 0.599. The van der Waals surface area contributed by atoms with E-state index in [-0.39, 0.29) is 22.9 Å². The predicted octanol–water partition coefficient (Wildman–Crippen LogP) is 5.19. The van der Waals surface area contributed by atoms with Crippen molar-refractivity contribution >= 4 is 29.4 Å². The number of methoxy groups -OCH3 is 2. The standard InChI is InChI=1S/C24H17ClO6/c1-28-18-4-3-5-19(29-2)22(18)24(27)30-16-10-11-17-20(13-16)31-21(23(17)26)12-14-6-8-15(25)9-7-14/h3-13H,1-2H3. The molecule has 1 aliphatic rings. The van der Waals surface area contributed by atoms with Crippen LogP contribution in [0.2, 0.25) is 5.02 Å². The van der Waals surface area contributed by atoms with Crippen molar-refractivity contribution in [2.24, 2.45) is 0 Å². The molecule has 0 N–H and O–H groups in total. The molecular formula is C24H17ClO6. The van der Waals surface area contributed by atoms with Gasteiger partial charge in [0.25, 0.3) is 0 Å². The highest BCUT2D eigenvalue weighted by molar-refractivity contribution is 6.30. The maximum Gasteiger partial charge on any atom is 0.351 e. The number of esters is 1. The Balaban J connectivity index is 1.58. The largest absolute Gasteiger partial charge is 0.496 e. The van der Waals surface area contributed by atoms with Crippen molar-refractivity contribution in [2.45, 2.75) is 0 Å². The lowest BCUT2D eigenvalue weighted by atomic mass is 10.1. The molecule has 1 heterocycles. The Bertz CT molecular complexity index is 1170. The van der Waals surface area contributed by atoms with E-state index in [0.29, 0.717) is 27.8 Å². The zero-order chi connectivity index (χ0) is 22.0. The maximum absolute atomic E-state index is 12.8. The molecule has 0 atom stereocenters. The highest BCUT2D eigenvalue weighted by Gasteiger charge is 2.28. The van der Waals surface area contributed by atoms with Gasteiger partial charge in [-0.25, -0.2) is 4.79 Å². The van der Waals surface area contributed by atoms with Crippen molar-refractivity contribution in [2.75, 3.05) is 14.2 Å². The fourth-order valence-corrected chi connectivity index (χ4v) is 3.28. The lowest BCUT2D eigenvalue weighted by Gasteiger charge is -2.12. The Hall–Kier alpha value is -3.77. The van der Waals surface area contributed by atoms with Crippen LogP contribution in [0.15, 0.2) is 66.4 Å². The highest BCUT2D eigenvalue weighted by Crippen LogP contribution is 2.36. The first-order chi connectivity index (χ1) is 15.0. The van der Waals surface area contributed by atoms with E-state index < -0.39 is 5.97 Å². The monoisotopic (exact) mass is 436 g/mol. The van der Waals surface area contributed by atoms with Crippen molar-refractivity contribution in [1.29, 1.82) is 0 Å². The van der Waals surface area contributed by atoms with Gasteiger partial charge in [-0.2, -0.15) is 0 Å². The second-order valence-corrected chi connectivity index (χ2v) is 7.01. The van der Waals surface area contributed by atoms with Crippen LogP contribution in [-0.2, 0) is 0 Å². The lowest BCUT2D eigenvalue weighted by Crippen LogP contribution is -2.12. The molecule has 0 saturated heterocycles. The molecule has 3 aromatic carbocycles. The first-order valence-corrected chi connectivity index (χ1v) is 9.65. The molecule has 6 nitrogen and oxygen atoms in total. The van der Waals surface area contributed by atoms with Crippen LogP contribution in [0.25, 0.3) is 6.08 Å². The molecule has 0 unspecified atom stereocenters. The Morgan fingerprint density at radius 1 is 0.968 bits per heavy atom. The minimum absolute atomic E-state index is 0.160. The third kappa shape index (κ3) is 4.11. The van der Waals surface area contributed by atoms with Gasteiger partial charge >= 0.3 is 5.97 Å². The predicted molar refractivity (Wildman–Crippen MR) is 115 cm³/mol. The van der Waals surface area contributed by atoms with E-state index >= 15 is 0 Å². The van der Waals surface area contributed by atoms with Gasteiger partial charge in [0.05, 0.1) is 19.8 Å².